The average Bonchev–Trinajstić information content (AvgIpc) is 2.77. The minimum absolute atomic E-state index is 0.0737. The maximum absolute atomic E-state index is 12.8. The third-order valence-corrected chi connectivity index (χ3v) is 3.80. The number of methoxy groups -OCH3 is 1. The van der Waals surface area contributed by atoms with E-state index in [1.165, 1.54) is 0 Å². The third-order valence-electron chi connectivity index (χ3n) is 3.44. The Morgan fingerprint density at radius 1 is 1.43 bits per heavy atom. The molecule has 7 heteroatoms. The summed E-state index contributed by atoms with van der Waals surface area (Å²) in [6.07, 6.45) is 0. The van der Waals surface area contributed by atoms with Crippen molar-refractivity contribution in [2.24, 2.45) is 7.05 Å². The lowest BCUT2D eigenvalue weighted by molar-refractivity contribution is 0.185. The summed E-state index contributed by atoms with van der Waals surface area (Å²) in [5.41, 5.74) is 1.44. The van der Waals surface area contributed by atoms with E-state index in [1.807, 2.05) is 12.1 Å². The Balaban J connectivity index is 2.62. The number of nitrogens with zero attached hydrogens (tertiary/aromatic N) is 3. The standard InChI is InChI=1S/C14H20N4O2S/c1-9(2)11-6-5-10(12-15-16-14(21)17(12)3)13(19)18(11)7-8-20-4/h5-6,9H,7-8H2,1-4H3,(H,16,21). The summed E-state index contributed by atoms with van der Waals surface area (Å²) in [5.74, 6) is 0.803. The van der Waals surface area contributed by atoms with Gasteiger partial charge in [-0.15, -0.1) is 0 Å². The van der Waals surface area contributed by atoms with Crippen LogP contribution in [0.25, 0.3) is 11.4 Å². The molecular formula is C14H20N4O2S. The molecule has 0 atom stereocenters. The fraction of sp³-hybridized carbons (Fsp3) is 0.500. The predicted molar refractivity (Wildman–Crippen MR) is 84.1 cm³/mol. The molecule has 21 heavy (non-hydrogen) atoms. The second-order valence-electron chi connectivity index (χ2n) is 5.19. The van der Waals surface area contributed by atoms with Crippen molar-refractivity contribution in [1.82, 2.24) is 19.3 Å². The van der Waals surface area contributed by atoms with Crippen LogP contribution >= 0.6 is 12.2 Å². The Morgan fingerprint density at radius 3 is 2.67 bits per heavy atom. The van der Waals surface area contributed by atoms with Gasteiger partial charge >= 0.3 is 0 Å². The molecular weight excluding hydrogens is 288 g/mol. The second-order valence-corrected chi connectivity index (χ2v) is 5.57. The lowest BCUT2D eigenvalue weighted by atomic mass is 10.1. The number of hydrogen-bond donors (Lipinski definition) is 1. The fourth-order valence-electron chi connectivity index (χ4n) is 2.27. The molecule has 2 rings (SSSR count). The minimum Gasteiger partial charge on any atom is -0.383 e. The van der Waals surface area contributed by atoms with Crippen LogP contribution in [-0.2, 0) is 18.3 Å². The van der Waals surface area contributed by atoms with Crippen LogP contribution in [-0.4, -0.2) is 33.0 Å². The quantitative estimate of drug-likeness (QED) is 0.859. The van der Waals surface area contributed by atoms with Gasteiger partial charge in [-0.1, -0.05) is 13.8 Å². The van der Waals surface area contributed by atoms with E-state index in [1.54, 1.807) is 23.3 Å². The Hall–Kier alpha value is -1.73. The van der Waals surface area contributed by atoms with Gasteiger partial charge in [-0.25, -0.2) is 0 Å². The summed E-state index contributed by atoms with van der Waals surface area (Å²) in [5, 5.41) is 6.85. The van der Waals surface area contributed by atoms with Crippen LogP contribution in [0.5, 0.6) is 0 Å². The lowest BCUT2D eigenvalue weighted by Crippen LogP contribution is -2.27. The smallest absolute Gasteiger partial charge is 0.261 e. The molecule has 0 saturated carbocycles. The van der Waals surface area contributed by atoms with Gasteiger partial charge in [0.05, 0.1) is 12.2 Å². The largest absolute Gasteiger partial charge is 0.383 e. The first kappa shape index (κ1) is 15.7. The highest BCUT2D eigenvalue weighted by Gasteiger charge is 2.15. The number of pyridine rings is 1. The van der Waals surface area contributed by atoms with E-state index >= 15 is 0 Å². The maximum atomic E-state index is 12.8. The van der Waals surface area contributed by atoms with E-state index in [9.17, 15) is 4.79 Å². The molecule has 0 unspecified atom stereocenters. The first-order valence-electron chi connectivity index (χ1n) is 6.81. The van der Waals surface area contributed by atoms with Crippen molar-refractivity contribution in [3.63, 3.8) is 0 Å². The van der Waals surface area contributed by atoms with Gasteiger partial charge < -0.3 is 13.9 Å². The zero-order valence-electron chi connectivity index (χ0n) is 12.7. The van der Waals surface area contributed by atoms with Crippen LogP contribution < -0.4 is 5.56 Å². The van der Waals surface area contributed by atoms with Crippen molar-refractivity contribution < 1.29 is 4.74 Å². The SMILES string of the molecule is COCCn1c(C(C)C)ccc(-c2n[nH]c(=S)n2C)c1=O. The van der Waals surface area contributed by atoms with Gasteiger partial charge in [0.15, 0.2) is 10.6 Å². The van der Waals surface area contributed by atoms with Gasteiger partial charge in [-0.3, -0.25) is 9.89 Å². The second kappa shape index (κ2) is 6.36. The Morgan fingerprint density at radius 2 is 2.14 bits per heavy atom. The number of rotatable bonds is 5. The first-order chi connectivity index (χ1) is 9.97. The molecule has 2 heterocycles. The molecule has 0 aliphatic carbocycles. The highest BCUT2D eigenvalue weighted by atomic mass is 32.1. The topological polar surface area (TPSA) is 64.8 Å². The van der Waals surface area contributed by atoms with E-state index in [4.69, 9.17) is 17.0 Å². The Labute approximate surface area is 128 Å². The van der Waals surface area contributed by atoms with Crippen LogP contribution in [0.15, 0.2) is 16.9 Å². The lowest BCUT2D eigenvalue weighted by Gasteiger charge is -2.16. The van der Waals surface area contributed by atoms with Crippen molar-refractivity contribution in [3.05, 3.63) is 33.0 Å². The molecule has 6 nitrogen and oxygen atoms in total. The first-order valence-corrected chi connectivity index (χ1v) is 7.22. The van der Waals surface area contributed by atoms with Gasteiger partial charge in [0, 0.05) is 26.4 Å². The number of H-pyrrole nitrogens is 1. The highest BCUT2D eigenvalue weighted by molar-refractivity contribution is 7.71. The number of nitrogens with one attached hydrogen (secondary N) is 1. The van der Waals surface area contributed by atoms with Crippen LogP contribution in [0.4, 0.5) is 0 Å². The molecule has 0 saturated heterocycles. The molecule has 0 fully saturated rings. The minimum atomic E-state index is -0.0737. The summed E-state index contributed by atoms with van der Waals surface area (Å²) in [6, 6.07) is 3.78. The fourth-order valence-corrected chi connectivity index (χ4v) is 2.40. The van der Waals surface area contributed by atoms with E-state index in [2.05, 4.69) is 24.0 Å². The molecule has 0 aromatic carbocycles. The van der Waals surface area contributed by atoms with Gasteiger partial charge in [0.25, 0.3) is 5.56 Å². The summed E-state index contributed by atoms with van der Waals surface area (Å²) >= 11 is 5.10. The molecule has 1 N–H and O–H groups in total. The van der Waals surface area contributed by atoms with E-state index in [0.29, 0.717) is 29.3 Å². The van der Waals surface area contributed by atoms with Crippen molar-refractivity contribution in [2.45, 2.75) is 26.3 Å². The molecule has 0 aliphatic rings. The maximum Gasteiger partial charge on any atom is 0.261 e. The summed E-state index contributed by atoms with van der Waals surface area (Å²) < 4.78 is 9.04. The van der Waals surface area contributed by atoms with E-state index in [0.717, 1.165) is 5.69 Å². The monoisotopic (exact) mass is 308 g/mol. The summed E-state index contributed by atoms with van der Waals surface area (Å²) in [7, 11) is 3.41. The molecule has 2 aromatic heterocycles. The number of aromatic amines is 1. The Bertz CT molecular complexity index is 742. The third kappa shape index (κ3) is 2.98. The Kier molecular flexibility index (Phi) is 4.74. The molecule has 0 bridgehead atoms. The van der Waals surface area contributed by atoms with Gasteiger partial charge in [-0.05, 0) is 30.3 Å². The van der Waals surface area contributed by atoms with Crippen molar-refractivity contribution in [2.75, 3.05) is 13.7 Å². The van der Waals surface area contributed by atoms with Crippen molar-refractivity contribution in [1.29, 1.82) is 0 Å². The summed E-state index contributed by atoms with van der Waals surface area (Å²) in [4.78, 5) is 12.8. The number of hydrogen-bond acceptors (Lipinski definition) is 4. The molecule has 114 valence electrons. The van der Waals surface area contributed by atoms with Gasteiger partial charge in [0.2, 0.25) is 0 Å². The van der Waals surface area contributed by atoms with Crippen LogP contribution in [0.3, 0.4) is 0 Å². The molecule has 0 spiro atoms. The van der Waals surface area contributed by atoms with Crippen LogP contribution in [0.2, 0.25) is 0 Å². The van der Waals surface area contributed by atoms with Crippen molar-refractivity contribution in [3.8, 4) is 11.4 Å². The zero-order chi connectivity index (χ0) is 15.6. The van der Waals surface area contributed by atoms with Crippen LogP contribution in [0.1, 0.15) is 25.5 Å². The predicted octanol–water partition coefficient (Wildman–Crippen LogP) is 2.08. The van der Waals surface area contributed by atoms with Gasteiger partial charge in [0.1, 0.15) is 0 Å². The summed E-state index contributed by atoms with van der Waals surface area (Å²) in [6.45, 7) is 5.13. The van der Waals surface area contributed by atoms with Gasteiger partial charge in [-0.2, -0.15) is 5.10 Å². The molecule has 0 radical (unpaired) electrons. The number of aromatic nitrogens is 4. The molecule has 2 aromatic rings. The normalized spacial score (nSPS) is 11.3. The number of ether oxygens (including phenoxy) is 1. The average molecular weight is 308 g/mol. The highest BCUT2D eigenvalue weighted by Crippen LogP contribution is 2.17. The molecule has 0 aliphatic heterocycles. The van der Waals surface area contributed by atoms with Crippen molar-refractivity contribution >= 4 is 12.2 Å². The molecule has 0 amide bonds. The zero-order valence-corrected chi connectivity index (χ0v) is 13.5. The van der Waals surface area contributed by atoms with Crippen LogP contribution in [0, 0.1) is 4.77 Å². The van der Waals surface area contributed by atoms with E-state index in [-0.39, 0.29) is 11.5 Å². The van der Waals surface area contributed by atoms with E-state index < -0.39 is 0 Å².